The van der Waals surface area contributed by atoms with Gasteiger partial charge in [0.1, 0.15) is 0 Å². The molecule has 5 rings (SSSR count). The topological polar surface area (TPSA) is 126 Å². The Labute approximate surface area is 250 Å². The second-order valence-electron chi connectivity index (χ2n) is 9.50. The van der Waals surface area contributed by atoms with E-state index in [4.69, 9.17) is 19.4 Å². The van der Waals surface area contributed by atoms with Crippen LogP contribution in [0.3, 0.4) is 0 Å². The van der Waals surface area contributed by atoms with Crippen molar-refractivity contribution in [2.45, 2.75) is 19.5 Å². The van der Waals surface area contributed by atoms with Crippen molar-refractivity contribution in [3.8, 4) is 22.6 Å². The van der Waals surface area contributed by atoms with Crippen molar-refractivity contribution in [3.63, 3.8) is 0 Å². The zero-order chi connectivity index (χ0) is 31.9. The van der Waals surface area contributed by atoms with Crippen LogP contribution >= 0.6 is 0 Å². The number of hydrogen-bond donors (Lipinski definition) is 4. The van der Waals surface area contributed by atoms with E-state index >= 15 is 0 Å². The molecular weight excluding hydrogens is 577 g/mol. The average Bonchev–Trinajstić information content (AvgIpc) is 3.32. The fourth-order valence-corrected chi connectivity index (χ4v) is 4.49. The first kappa shape index (κ1) is 31.4. The summed E-state index contributed by atoms with van der Waals surface area (Å²) in [6, 6.07) is 23.4. The van der Waals surface area contributed by atoms with Gasteiger partial charge in [-0.05, 0) is 66.6 Å². The third-order valence-corrected chi connectivity index (χ3v) is 6.55. The molecule has 0 saturated heterocycles. The Kier molecular flexibility index (Phi) is 9.74. The van der Waals surface area contributed by atoms with E-state index in [1.165, 1.54) is 0 Å². The van der Waals surface area contributed by atoms with Gasteiger partial charge in [-0.2, -0.15) is 13.2 Å². The second-order valence-corrected chi connectivity index (χ2v) is 9.50. The Bertz CT molecular complexity index is 1770. The van der Waals surface area contributed by atoms with E-state index in [-0.39, 0.29) is 12.3 Å². The fraction of sp³-hybridized carbons (Fsp3) is 0.156. The molecule has 0 saturated carbocycles. The maximum absolute atomic E-state index is 13.1. The second kappa shape index (κ2) is 13.6. The van der Waals surface area contributed by atoms with E-state index in [1.54, 1.807) is 26.6 Å². The van der Waals surface area contributed by atoms with Crippen LogP contribution in [0.25, 0.3) is 22.0 Å². The van der Waals surface area contributed by atoms with Gasteiger partial charge in [0, 0.05) is 39.7 Å². The Balaban J connectivity index is 0.000000566. The van der Waals surface area contributed by atoms with Gasteiger partial charge in [-0.25, -0.2) is 4.79 Å². The third kappa shape index (κ3) is 7.65. The van der Waals surface area contributed by atoms with Crippen molar-refractivity contribution in [2.24, 2.45) is 0 Å². The molecule has 0 atom stereocenters. The van der Waals surface area contributed by atoms with Crippen molar-refractivity contribution in [2.75, 3.05) is 24.9 Å². The number of anilines is 3. The van der Waals surface area contributed by atoms with Crippen molar-refractivity contribution < 1.29 is 37.3 Å². The van der Waals surface area contributed by atoms with Crippen LogP contribution in [0.4, 0.5) is 30.2 Å². The molecular formula is C32H29F3N4O5. The highest BCUT2D eigenvalue weighted by Crippen LogP contribution is 2.38. The van der Waals surface area contributed by atoms with Gasteiger partial charge in [-0.3, -0.25) is 9.78 Å². The minimum atomic E-state index is -5.08. The highest BCUT2D eigenvalue weighted by atomic mass is 19.4. The van der Waals surface area contributed by atoms with Gasteiger partial charge in [0.15, 0.2) is 11.5 Å². The number of amides is 1. The Morgan fingerprint density at radius 2 is 1.66 bits per heavy atom. The number of carbonyl (C=O) groups is 2. The lowest BCUT2D eigenvalue weighted by Crippen LogP contribution is -2.21. The normalized spacial score (nSPS) is 10.9. The zero-order valence-electron chi connectivity index (χ0n) is 24.0. The number of rotatable bonds is 8. The average molecular weight is 607 g/mol. The molecule has 0 fully saturated rings. The number of aromatic amines is 1. The summed E-state index contributed by atoms with van der Waals surface area (Å²) >= 11 is 0. The van der Waals surface area contributed by atoms with Crippen LogP contribution in [0.15, 0.2) is 85.2 Å². The molecule has 0 aliphatic heterocycles. The summed E-state index contributed by atoms with van der Waals surface area (Å²) in [6.07, 6.45) is -1.32. The number of nitrogens with one attached hydrogen (secondary N) is 3. The van der Waals surface area contributed by atoms with Gasteiger partial charge < -0.3 is 30.2 Å². The molecule has 2 heterocycles. The minimum absolute atomic E-state index is 0.0842. The Morgan fingerprint density at radius 1 is 0.932 bits per heavy atom. The van der Waals surface area contributed by atoms with Crippen LogP contribution < -0.4 is 20.1 Å². The first-order chi connectivity index (χ1) is 21.0. The summed E-state index contributed by atoms with van der Waals surface area (Å²) in [5, 5.41) is 14.7. The lowest BCUT2D eigenvalue weighted by molar-refractivity contribution is -0.192. The van der Waals surface area contributed by atoms with E-state index in [2.05, 4.69) is 20.6 Å². The van der Waals surface area contributed by atoms with E-state index < -0.39 is 12.1 Å². The van der Waals surface area contributed by atoms with Gasteiger partial charge in [-0.1, -0.05) is 24.3 Å². The number of carboxylic acid groups (broad SMARTS) is 1. The predicted molar refractivity (Wildman–Crippen MR) is 162 cm³/mol. The molecule has 0 unspecified atom stereocenters. The maximum Gasteiger partial charge on any atom is 0.490 e. The van der Waals surface area contributed by atoms with Gasteiger partial charge in [0.2, 0.25) is 5.91 Å². The first-order valence-electron chi connectivity index (χ1n) is 13.2. The van der Waals surface area contributed by atoms with E-state index in [0.29, 0.717) is 17.2 Å². The number of carboxylic acids is 1. The molecule has 44 heavy (non-hydrogen) atoms. The highest BCUT2D eigenvalue weighted by Gasteiger charge is 2.38. The maximum atomic E-state index is 13.1. The number of nitrogens with zero attached hydrogens (tertiary/aromatic N) is 1. The van der Waals surface area contributed by atoms with Crippen LogP contribution in [0.1, 0.15) is 11.3 Å². The number of benzene rings is 3. The summed E-state index contributed by atoms with van der Waals surface area (Å²) in [7, 11) is 3.22. The minimum Gasteiger partial charge on any atom is -0.493 e. The zero-order valence-corrected chi connectivity index (χ0v) is 24.0. The molecule has 3 aromatic carbocycles. The Hall–Kier alpha value is -5.52. The molecule has 0 bridgehead atoms. The summed E-state index contributed by atoms with van der Waals surface area (Å²) < 4.78 is 42.7. The number of H-pyrrole nitrogens is 1. The van der Waals surface area contributed by atoms with Crippen LogP contribution in [0.5, 0.6) is 11.5 Å². The lowest BCUT2D eigenvalue weighted by Gasteiger charge is -2.16. The molecule has 12 heteroatoms. The third-order valence-electron chi connectivity index (χ3n) is 6.55. The van der Waals surface area contributed by atoms with E-state index in [1.807, 2.05) is 79.7 Å². The highest BCUT2D eigenvalue weighted by molar-refractivity contribution is 5.97. The largest absolute Gasteiger partial charge is 0.493 e. The smallest absolute Gasteiger partial charge is 0.490 e. The number of pyridine rings is 1. The molecule has 9 nitrogen and oxygen atoms in total. The van der Waals surface area contributed by atoms with Gasteiger partial charge in [-0.15, -0.1) is 0 Å². The molecule has 0 radical (unpaired) electrons. The summed E-state index contributed by atoms with van der Waals surface area (Å²) in [6.45, 7) is 2.00. The van der Waals surface area contributed by atoms with Crippen LogP contribution in [-0.2, 0) is 16.0 Å². The van der Waals surface area contributed by atoms with Crippen molar-refractivity contribution in [3.05, 3.63) is 96.4 Å². The molecule has 1 amide bonds. The molecule has 4 N–H and O–H groups in total. The number of alkyl halides is 3. The fourth-order valence-electron chi connectivity index (χ4n) is 4.49. The number of halogens is 3. The number of carbonyl (C=O) groups excluding carboxylic acids is 1. The molecule has 5 aromatic rings. The number of aromatic nitrogens is 2. The van der Waals surface area contributed by atoms with Gasteiger partial charge in [0.25, 0.3) is 0 Å². The van der Waals surface area contributed by atoms with Crippen molar-refractivity contribution in [1.82, 2.24) is 9.97 Å². The SMILES string of the molecule is COc1ccc(-c2cc(NC(=O)Cc3c(C)[nH]c4ccccc34)ccc2Nc2cccnc2)cc1OC.O=C(O)C(F)(F)F. The van der Waals surface area contributed by atoms with Crippen LogP contribution in [0, 0.1) is 6.92 Å². The number of fused-ring (bicyclic) bond motifs is 1. The quantitative estimate of drug-likeness (QED) is 0.148. The number of methoxy groups -OCH3 is 2. The monoisotopic (exact) mass is 606 g/mol. The first-order valence-corrected chi connectivity index (χ1v) is 13.2. The van der Waals surface area contributed by atoms with Crippen molar-refractivity contribution in [1.29, 1.82) is 0 Å². The lowest BCUT2D eigenvalue weighted by atomic mass is 10.0. The van der Waals surface area contributed by atoms with Crippen LogP contribution in [-0.4, -0.2) is 47.3 Å². The number of aliphatic carboxylic acids is 1. The number of aryl methyl sites for hydroxylation is 1. The van der Waals surface area contributed by atoms with E-state index in [0.717, 1.165) is 44.7 Å². The Morgan fingerprint density at radius 3 is 2.32 bits per heavy atom. The summed E-state index contributed by atoms with van der Waals surface area (Å²) in [5.41, 5.74) is 7.26. The molecule has 228 valence electrons. The van der Waals surface area contributed by atoms with Gasteiger partial charge in [0.05, 0.1) is 32.5 Å². The number of para-hydroxylation sites is 1. The predicted octanol–water partition coefficient (Wildman–Crippen LogP) is 7.11. The standard InChI is InChI=1S/C30H28N4O3.C2HF3O2/c1-19-24(23-8-4-5-9-26(23)32-19)17-30(35)34-21-11-12-27(33-22-7-6-14-31-18-22)25(16-21)20-10-13-28(36-2)29(15-20)37-3;3-2(4,5)1(6)7/h4-16,18,32-33H,17H2,1-3H3,(H,34,35);(H,6,7). The summed E-state index contributed by atoms with van der Waals surface area (Å²) in [4.78, 5) is 29.6. The van der Waals surface area contributed by atoms with Gasteiger partial charge >= 0.3 is 12.1 Å². The number of hydrogen-bond acceptors (Lipinski definition) is 6. The molecule has 0 spiro atoms. The molecule has 0 aliphatic carbocycles. The van der Waals surface area contributed by atoms with Crippen molar-refractivity contribution >= 4 is 39.8 Å². The summed E-state index contributed by atoms with van der Waals surface area (Å²) in [5.74, 6) is -1.57. The van der Waals surface area contributed by atoms with E-state index in [9.17, 15) is 18.0 Å². The molecule has 2 aromatic heterocycles. The number of ether oxygens (including phenoxy) is 2. The van der Waals surface area contributed by atoms with Crippen LogP contribution in [0.2, 0.25) is 0 Å². The molecule has 0 aliphatic rings.